The number of rotatable bonds is 2. The van der Waals surface area contributed by atoms with Crippen LogP contribution in [0.3, 0.4) is 0 Å². The molecule has 15 heavy (non-hydrogen) atoms. The van der Waals surface area contributed by atoms with Crippen molar-refractivity contribution in [3.05, 3.63) is 16.6 Å². The van der Waals surface area contributed by atoms with Gasteiger partial charge in [-0.15, -0.1) is 0 Å². The molecule has 4 nitrogen and oxygen atoms in total. The van der Waals surface area contributed by atoms with Gasteiger partial charge in [-0.1, -0.05) is 0 Å². The molecule has 0 aromatic carbocycles. The number of hydrogen-bond donors (Lipinski definition) is 1. The number of ether oxygens (including phenoxy) is 1. The Balaban J connectivity index is 2.38. The highest BCUT2D eigenvalue weighted by Crippen LogP contribution is 2.10. The zero-order valence-electron chi connectivity index (χ0n) is 9.46. The Labute approximate surface area is 93.8 Å². The molecule has 0 unspecified atom stereocenters. The Morgan fingerprint density at radius 2 is 2.27 bits per heavy atom. The van der Waals surface area contributed by atoms with Crippen LogP contribution in [-0.4, -0.2) is 16.1 Å². The second-order valence-corrected chi connectivity index (χ2v) is 4.91. The van der Waals surface area contributed by atoms with Crippen LogP contribution in [0.15, 0.2) is 5.38 Å². The molecule has 1 aromatic heterocycles. The number of carbonyl (C=O) groups is 1. The molecule has 0 aliphatic rings. The van der Waals surface area contributed by atoms with Crippen LogP contribution >= 0.6 is 11.5 Å². The van der Waals surface area contributed by atoms with Crippen molar-refractivity contribution in [1.82, 2.24) is 9.69 Å². The van der Waals surface area contributed by atoms with E-state index in [4.69, 9.17) is 4.74 Å². The molecule has 0 bridgehead atoms. The van der Waals surface area contributed by atoms with Gasteiger partial charge in [-0.25, -0.2) is 4.79 Å². The van der Waals surface area contributed by atoms with E-state index in [0.29, 0.717) is 6.54 Å². The lowest BCUT2D eigenvalue weighted by Crippen LogP contribution is -2.32. The second kappa shape index (κ2) is 4.61. The molecular formula is C10H16N2O2S. The zero-order chi connectivity index (χ0) is 11.5. The van der Waals surface area contributed by atoms with Gasteiger partial charge in [-0.2, -0.15) is 4.37 Å². The zero-order valence-corrected chi connectivity index (χ0v) is 10.3. The van der Waals surface area contributed by atoms with E-state index in [1.54, 1.807) is 0 Å². The summed E-state index contributed by atoms with van der Waals surface area (Å²) in [5.41, 5.74) is 1.54. The number of alkyl carbamates (subject to hydrolysis) is 1. The van der Waals surface area contributed by atoms with Gasteiger partial charge in [-0.05, 0) is 39.2 Å². The van der Waals surface area contributed by atoms with Gasteiger partial charge >= 0.3 is 6.09 Å². The molecule has 0 radical (unpaired) electrons. The molecule has 0 fully saturated rings. The maximum atomic E-state index is 11.3. The van der Waals surface area contributed by atoms with Crippen molar-refractivity contribution in [2.24, 2.45) is 0 Å². The first-order valence-corrected chi connectivity index (χ1v) is 5.59. The minimum Gasteiger partial charge on any atom is -0.444 e. The average Bonchev–Trinajstić information content (AvgIpc) is 2.44. The predicted octanol–water partition coefficient (Wildman–Crippen LogP) is 2.48. The fourth-order valence-electron chi connectivity index (χ4n) is 0.964. The van der Waals surface area contributed by atoms with Gasteiger partial charge in [0.25, 0.3) is 0 Å². The third kappa shape index (κ3) is 4.29. The molecule has 1 N–H and O–H groups in total. The van der Waals surface area contributed by atoms with E-state index in [-0.39, 0.29) is 0 Å². The fraction of sp³-hybridized carbons (Fsp3) is 0.600. The SMILES string of the molecule is Cc1nscc1CNC(=O)OC(C)(C)C. The van der Waals surface area contributed by atoms with Crippen LogP contribution in [0.1, 0.15) is 32.0 Å². The molecular weight excluding hydrogens is 212 g/mol. The number of aromatic nitrogens is 1. The molecule has 5 heteroatoms. The Morgan fingerprint density at radius 1 is 1.60 bits per heavy atom. The Kier molecular flexibility index (Phi) is 3.68. The summed E-state index contributed by atoms with van der Waals surface area (Å²) >= 11 is 1.39. The minimum absolute atomic E-state index is 0.395. The molecule has 0 saturated heterocycles. The van der Waals surface area contributed by atoms with E-state index in [9.17, 15) is 4.79 Å². The van der Waals surface area contributed by atoms with Crippen molar-refractivity contribution in [1.29, 1.82) is 0 Å². The van der Waals surface area contributed by atoms with Gasteiger partial charge in [0.15, 0.2) is 0 Å². The average molecular weight is 228 g/mol. The number of aryl methyl sites for hydroxylation is 1. The van der Waals surface area contributed by atoms with E-state index in [1.165, 1.54) is 11.5 Å². The van der Waals surface area contributed by atoms with Crippen LogP contribution in [0.4, 0.5) is 4.79 Å². The number of amides is 1. The Hall–Kier alpha value is -1.10. The summed E-state index contributed by atoms with van der Waals surface area (Å²) in [6.07, 6.45) is -0.395. The summed E-state index contributed by atoms with van der Waals surface area (Å²) in [7, 11) is 0. The molecule has 0 aliphatic carbocycles. The second-order valence-electron chi connectivity index (χ2n) is 4.28. The summed E-state index contributed by atoms with van der Waals surface area (Å²) < 4.78 is 9.23. The van der Waals surface area contributed by atoms with Crippen molar-refractivity contribution in [3.8, 4) is 0 Å². The highest BCUT2D eigenvalue weighted by Gasteiger charge is 2.15. The lowest BCUT2D eigenvalue weighted by molar-refractivity contribution is 0.0523. The van der Waals surface area contributed by atoms with Crippen LogP contribution in [-0.2, 0) is 11.3 Å². The van der Waals surface area contributed by atoms with Gasteiger partial charge in [0.1, 0.15) is 5.60 Å². The quantitative estimate of drug-likeness (QED) is 0.846. The number of hydrogen-bond acceptors (Lipinski definition) is 4. The molecule has 0 spiro atoms. The maximum absolute atomic E-state index is 11.3. The standard InChI is InChI=1S/C10H16N2O2S/c1-7-8(6-15-12-7)5-11-9(13)14-10(2,3)4/h6H,5H2,1-4H3,(H,11,13). The van der Waals surface area contributed by atoms with E-state index >= 15 is 0 Å². The minimum atomic E-state index is -0.452. The van der Waals surface area contributed by atoms with Gasteiger partial charge in [0.2, 0.25) is 0 Å². The molecule has 0 aliphatic heterocycles. The monoisotopic (exact) mass is 228 g/mol. The molecule has 0 saturated carbocycles. The Morgan fingerprint density at radius 3 is 2.73 bits per heavy atom. The number of nitrogens with one attached hydrogen (secondary N) is 1. The van der Waals surface area contributed by atoms with Gasteiger partial charge in [0, 0.05) is 17.5 Å². The van der Waals surface area contributed by atoms with Gasteiger partial charge in [0.05, 0.1) is 5.69 Å². The van der Waals surface area contributed by atoms with E-state index in [1.807, 2.05) is 33.1 Å². The summed E-state index contributed by atoms with van der Waals surface area (Å²) in [6, 6.07) is 0. The van der Waals surface area contributed by atoms with Gasteiger partial charge < -0.3 is 10.1 Å². The van der Waals surface area contributed by atoms with Crippen LogP contribution < -0.4 is 5.32 Å². The van der Waals surface area contributed by atoms with Crippen LogP contribution in [0.5, 0.6) is 0 Å². The van der Waals surface area contributed by atoms with E-state index in [2.05, 4.69) is 9.69 Å². The van der Waals surface area contributed by atoms with Crippen molar-refractivity contribution in [2.75, 3.05) is 0 Å². The molecule has 1 rings (SSSR count). The topological polar surface area (TPSA) is 51.2 Å². The third-order valence-corrected chi connectivity index (χ3v) is 2.44. The van der Waals surface area contributed by atoms with Crippen molar-refractivity contribution >= 4 is 17.6 Å². The first-order chi connectivity index (χ1) is 6.88. The number of carbonyl (C=O) groups excluding carboxylic acids is 1. The summed E-state index contributed by atoms with van der Waals surface area (Å²) in [6.45, 7) is 7.90. The van der Waals surface area contributed by atoms with Crippen molar-refractivity contribution in [2.45, 2.75) is 39.8 Å². The highest BCUT2D eigenvalue weighted by molar-refractivity contribution is 7.03. The largest absolute Gasteiger partial charge is 0.444 e. The smallest absolute Gasteiger partial charge is 0.407 e. The van der Waals surface area contributed by atoms with Crippen LogP contribution in [0, 0.1) is 6.92 Å². The fourth-order valence-corrected chi connectivity index (χ4v) is 1.67. The highest BCUT2D eigenvalue weighted by atomic mass is 32.1. The van der Waals surface area contributed by atoms with Crippen molar-refractivity contribution < 1.29 is 9.53 Å². The lowest BCUT2D eigenvalue weighted by Gasteiger charge is -2.19. The maximum Gasteiger partial charge on any atom is 0.407 e. The number of nitrogens with zero attached hydrogens (tertiary/aromatic N) is 1. The summed E-state index contributed by atoms with van der Waals surface area (Å²) in [4.78, 5) is 11.3. The predicted molar refractivity (Wildman–Crippen MR) is 59.9 cm³/mol. The lowest BCUT2D eigenvalue weighted by atomic mass is 10.2. The van der Waals surface area contributed by atoms with E-state index < -0.39 is 11.7 Å². The first-order valence-electron chi connectivity index (χ1n) is 4.75. The normalized spacial score (nSPS) is 11.2. The Bertz CT molecular complexity index is 341. The van der Waals surface area contributed by atoms with Gasteiger partial charge in [-0.3, -0.25) is 0 Å². The van der Waals surface area contributed by atoms with Crippen molar-refractivity contribution in [3.63, 3.8) is 0 Å². The molecule has 84 valence electrons. The van der Waals surface area contributed by atoms with E-state index in [0.717, 1.165) is 11.3 Å². The molecule has 1 aromatic rings. The summed E-state index contributed by atoms with van der Waals surface area (Å²) in [5, 5.41) is 4.61. The van der Waals surface area contributed by atoms with Crippen LogP contribution in [0.2, 0.25) is 0 Å². The molecule has 1 amide bonds. The summed E-state index contributed by atoms with van der Waals surface area (Å²) in [5.74, 6) is 0. The first kappa shape index (κ1) is 12.0. The third-order valence-electron chi connectivity index (χ3n) is 1.67. The molecule has 0 atom stereocenters. The molecule has 1 heterocycles. The van der Waals surface area contributed by atoms with Crippen LogP contribution in [0.25, 0.3) is 0 Å².